The molecule has 0 amide bonds. The molecule has 1 aromatic heterocycles. The minimum absolute atomic E-state index is 0.276. The second kappa shape index (κ2) is 8.81. The van der Waals surface area contributed by atoms with Crippen LogP contribution in [-0.4, -0.2) is 21.5 Å². The Morgan fingerprint density at radius 2 is 1.45 bits per heavy atom. The number of nitrogens with zero attached hydrogens (tertiary/aromatic N) is 5. The third-order valence-electron chi connectivity index (χ3n) is 6.86. The molecule has 6 nitrogen and oxygen atoms in total. The van der Waals surface area contributed by atoms with E-state index in [1.807, 2.05) is 109 Å². The maximum atomic E-state index is 14.0. The van der Waals surface area contributed by atoms with Crippen LogP contribution in [-0.2, 0) is 0 Å². The van der Waals surface area contributed by atoms with E-state index >= 15 is 0 Å². The second-order valence-electron chi connectivity index (χ2n) is 9.27. The zero-order valence-corrected chi connectivity index (χ0v) is 20.6. The van der Waals surface area contributed by atoms with Gasteiger partial charge in [0, 0.05) is 11.3 Å². The minimum Gasteiger partial charge on any atom is -0.337 e. The number of hydrogen-bond acceptors (Lipinski definition) is 5. The van der Waals surface area contributed by atoms with Crippen molar-refractivity contribution < 1.29 is 4.39 Å². The third kappa shape index (κ3) is 3.59. The first-order chi connectivity index (χ1) is 18.7. The van der Waals surface area contributed by atoms with Gasteiger partial charge in [-0.25, -0.2) is 19.1 Å². The highest BCUT2D eigenvalue weighted by molar-refractivity contribution is 6.51. The van der Waals surface area contributed by atoms with Crippen LogP contribution in [0.1, 0.15) is 22.9 Å². The van der Waals surface area contributed by atoms with Gasteiger partial charge in [-0.2, -0.15) is 5.10 Å². The summed E-state index contributed by atoms with van der Waals surface area (Å²) in [4.78, 5) is 12.4. The Balaban J connectivity index is 1.51. The predicted octanol–water partition coefficient (Wildman–Crippen LogP) is 7.12. The summed E-state index contributed by atoms with van der Waals surface area (Å²) < 4.78 is 15.9. The van der Waals surface area contributed by atoms with Gasteiger partial charge in [-0.1, -0.05) is 60.7 Å². The van der Waals surface area contributed by atoms with Gasteiger partial charge in [0.15, 0.2) is 17.5 Å². The van der Waals surface area contributed by atoms with Crippen molar-refractivity contribution in [1.29, 1.82) is 0 Å². The fourth-order valence-corrected chi connectivity index (χ4v) is 5.17. The van der Waals surface area contributed by atoms with Gasteiger partial charge < -0.3 is 10.2 Å². The molecular formula is C31H23FN6. The molecule has 0 saturated heterocycles. The molecule has 2 aliphatic heterocycles. The Labute approximate surface area is 219 Å². The Morgan fingerprint density at radius 3 is 2.21 bits per heavy atom. The van der Waals surface area contributed by atoms with Gasteiger partial charge in [0.25, 0.3) is 0 Å². The van der Waals surface area contributed by atoms with Crippen molar-refractivity contribution >= 4 is 34.6 Å². The van der Waals surface area contributed by atoms with E-state index in [0.29, 0.717) is 11.7 Å². The number of benzene rings is 4. The molecule has 0 saturated carbocycles. The van der Waals surface area contributed by atoms with Gasteiger partial charge >= 0.3 is 0 Å². The van der Waals surface area contributed by atoms with Crippen molar-refractivity contribution in [1.82, 2.24) is 9.78 Å². The van der Waals surface area contributed by atoms with Gasteiger partial charge in [0.1, 0.15) is 5.82 Å². The number of halogens is 1. The summed E-state index contributed by atoms with van der Waals surface area (Å²) in [5.41, 5.74) is 6.35. The van der Waals surface area contributed by atoms with E-state index in [9.17, 15) is 4.39 Å². The van der Waals surface area contributed by atoms with Crippen molar-refractivity contribution in [3.05, 3.63) is 132 Å². The molecular weight excluding hydrogens is 475 g/mol. The molecule has 0 unspecified atom stereocenters. The topological polar surface area (TPSA) is 57.8 Å². The van der Waals surface area contributed by atoms with Gasteiger partial charge in [-0.15, -0.1) is 0 Å². The SMILES string of the molecule is Cc1nn(-c2ccccc2)c2c1[C@H](c1ccc(F)cc1)N1C(=N2)C(Nc2ccccc2)=Nc2ccccc21. The number of nitrogens with one attached hydrogen (secondary N) is 1. The largest absolute Gasteiger partial charge is 0.337 e. The number of aryl methyl sites for hydroxylation is 1. The van der Waals surface area contributed by atoms with Crippen molar-refractivity contribution in [2.24, 2.45) is 9.98 Å². The highest BCUT2D eigenvalue weighted by Crippen LogP contribution is 2.48. The molecule has 38 heavy (non-hydrogen) atoms. The average Bonchev–Trinajstić information content (AvgIpc) is 3.29. The highest BCUT2D eigenvalue weighted by atomic mass is 19.1. The Hall–Kier alpha value is -5.04. The third-order valence-corrected chi connectivity index (χ3v) is 6.86. The van der Waals surface area contributed by atoms with E-state index in [2.05, 4.69) is 10.2 Å². The summed E-state index contributed by atoms with van der Waals surface area (Å²) in [6.07, 6.45) is 0. The van der Waals surface area contributed by atoms with Gasteiger partial charge in [-0.3, -0.25) is 0 Å². The zero-order valence-electron chi connectivity index (χ0n) is 20.6. The molecule has 184 valence electrons. The Morgan fingerprint density at radius 1 is 0.763 bits per heavy atom. The lowest BCUT2D eigenvalue weighted by atomic mass is 9.93. The molecule has 5 aromatic rings. The van der Waals surface area contributed by atoms with E-state index < -0.39 is 0 Å². The molecule has 3 heterocycles. The molecule has 1 atom stereocenters. The van der Waals surface area contributed by atoms with Crippen LogP contribution in [0.5, 0.6) is 0 Å². The average molecular weight is 499 g/mol. The lowest BCUT2D eigenvalue weighted by Crippen LogP contribution is -2.46. The number of aromatic nitrogens is 2. The zero-order chi connectivity index (χ0) is 25.6. The number of para-hydroxylation sites is 4. The number of anilines is 2. The lowest BCUT2D eigenvalue weighted by molar-refractivity contribution is 0.626. The van der Waals surface area contributed by atoms with Crippen LogP contribution in [0.15, 0.2) is 119 Å². The van der Waals surface area contributed by atoms with Crippen molar-refractivity contribution in [3.8, 4) is 5.69 Å². The Kier molecular flexibility index (Phi) is 5.14. The highest BCUT2D eigenvalue weighted by Gasteiger charge is 2.41. The van der Waals surface area contributed by atoms with E-state index in [4.69, 9.17) is 15.1 Å². The van der Waals surface area contributed by atoms with E-state index in [1.54, 1.807) is 0 Å². The molecule has 4 aromatic carbocycles. The number of amidine groups is 2. The molecule has 1 N–H and O–H groups in total. The fourth-order valence-electron chi connectivity index (χ4n) is 5.17. The number of hydrogen-bond donors (Lipinski definition) is 1. The summed E-state index contributed by atoms with van der Waals surface area (Å²) in [6, 6.07) is 34.3. The van der Waals surface area contributed by atoms with Crippen molar-refractivity contribution in [3.63, 3.8) is 0 Å². The van der Waals surface area contributed by atoms with E-state index in [0.717, 1.165) is 45.4 Å². The summed E-state index contributed by atoms with van der Waals surface area (Å²) in [5, 5.41) is 8.41. The van der Waals surface area contributed by atoms with E-state index in [1.165, 1.54) is 12.1 Å². The first-order valence-corrected chi connectivity index (χ1v) is 12.5. The van der Waals surface area contributed by atoms with Gasteiger partial charge in [0.2, 0.25) is 0 Å². The smallest absolute Gasteiger partial charge is 0.179 e. The molecule has 0 radical (unpaired) electrons. The lowest BCUT2D eigenvalue weighted by Gasteiger charge is -2.40. The molecule has 0 fully saturated rings. The molecule has 7 heteroatoms. The van der Waals surface area contributed by atoms with Crippen LogP contribution in [0, 0.1) is 12.7 Å². The monoisotopic (exact) mass is 498 g/mol. The van der Waals surface area contributed by atoms with Crippen LogP contribution in [0.4, 0.5) is 27.3 Å². The fraction of sp³-hybridized carbons (Fsp3) is 0.0645. The molecule has 7 rings (SSSR count). The molecule has 0 spiro atoms. The van der Waals surface area contributed by atoms with Crippen molar-refractivity contribution in [2.45, 2.75) is 13.0 Å². The summed E-state index contributed by atoms with van der Waals surface area (Å²) in [6.45, 7) is 2.00. The molecule has 0 aliphatic carbocycles. The van der Waals surface area contributed by atoms with Crippen LogP contribution in [0.3, 0.4) is 0 Å². The number of fused-ring (bicyclic) bond motifs is 4. The van der Waals surface area contributed by atoms with E-state index in [-0.39, 0.29) is 11.9 Å². The molecule has 2 aliphatic rings. The minimum atomic E-state index is -0.292. The van der Waals surface area contributed by atoms with Gasteiger partial charge in [0.05, 0.1) is 28.8 Å². The van der Waals surface area contributed by atoms with Gasteiger partial charge in [-0.05, 0) is 61.0 Å². The maximum Gasteiger partial charge on any atom is 0.179 e. The quantitative estimate of drug-likeness (QED) is 0.288. The van der Waals surface area contributed by atoms with Crippen LogP contribution in [0.25, 0.3) is 5.69 Å². The Bertz CT molecular complexity index is 1710. The van der Waals surface area contributed by atoms with Crippen LogP contribution in [0.2, 0.25) is 0 Å². The second-order valence-corrected chi connectivity index (χ2v) is 9.27. The molecule has 0 bridgehead atoms. The van der Waals surface area contributed by atoms with Crippen LogP contribution < -0.4 is 10.2 Å². The first-order valence-electron chi connectivity index (χ1n) is 12.5. The summed E-state index contributed by atoms with van der Waals surface area (Å²) in [5.74, 6) is 1.76. The summed E-state index contributed by atoms with van der Waals surface area (Å²) >= 11 is 0. The van der Waals surface area contributed by atoms with Crippen LogP contribution >= 0.6 is 0 Å². The summed E-state index contributed by atoms with van der Waals surface area (Å²) in [7, 11) is 0. The standard InChI is InChI=1S/C31H23FN6/c1-20-27-28(21-16-18-22(32)19-17-21)37-26-15-9-8-14-25(26)34-29(33-23-10-4-2-5-11-23)31(37)35-30(27)38(36-20)24-12-6-3-7-13-24/h2-19,28H,1H3,(H,33,34)/t28-/m0/s1. The number of rotatable bonds is 3. The number of aliphatic imine (C=N–C) groups is 2. The predicted molar refractivity (Wildman–Crippen MR) is 150 cm³/mol. The van der Waals surface area contributed by atoms with Crippen molar-refractivity contribution in [2.75, 3.05) is 10.2 Å². The maximum absolute atomic E-state index is 14.0. The normalized spacial score (nSPS) is 15.6. The first kappa shape index (κ1) is 22.2.